The van der Waals surface area contributed by atoms with E-state index in [4.69, 9.17) is 0 Å². The minimum absolute atomic E-state index is 1.12. The second-order valence-corrected chi connectivity index (χ2v) is 3.70. The summed E-state index contributed by atoms with van der Waals surface area (Å²) in [5.41, 5.74) is 2.85. The topological polar surface area (TPSA) is 0 Å². The van der Waals surface area contributed by atoms with Gasteiger partial charge in [-0.15, -0.1) is 0 Å². The first kappa shape index (κ1) is 6.40. The Morgan fingerprint density at radius 3 is 3.10 bits per heavy atom. The number of benzene rings is 1. The number of hydrogen-bond donors (Lipinski definition) is 0. The molecule has 0 heterocycles. The summed E-state index contributed by atoms with van der Waals surface area (Å²) < 4.78 is 1.32. The third kappa shape index (κ3) is 0.985. The Morgan fingerprint density at radius 2 is 2.20 bits per heavy atom. The van der Waals surface area contributed by atoms with Crippen LogP contribution < -0.4 is 0 Å². The third-order valence-corrected chi connectivity index (χ3v) is 2.41. The van der Waals surface area contributed by atoms with Gasteiger partial charge in [-0.1, -0.05) is 18.2 Å². The van der Waals surface area contributed by atoms with Crippen LogP contribution in [0.4, 0.5) is 0 Å². The van der Waals surface area contributed by atoms with Crippen LogP contribution in [0.25, 0.3) is 6.08 Å². The molecule has 0 nitrogen and oxygen atoms in total. The highest BCUT2D eigenvalue weighted by Crippen LogP contribution is 2.20. The van der Waals surface area contributed by atoms with Gasteiger partial charge in [-0.3, -0.25) is 0 Å². The number of rotatable bonds is 0. The van der Waals surface area contributed by atoms with Crippen LogP contribution in [0.5, 0.6) is 0 Å². The summed E-state index contributed by atoms with van der Waals surface area (Å²) in [4.78, 5) is 0. The van der Waals surface area contributed by atoms with Crippen LogP contribution in [-0.4, -0.2) is 0 Å². The van der Waals surface area contributed by atoms with Gasteiger partial charge in [-0.25, -0.2) is 0 Å². The molecule has 0 aliphatic heterocycles. The third-order valence-electron chi connectivity index (χ3n) is 1.74. The van der Waals surface area contributed by atoms with Crippen LogP contribution in [0, 0.1) is 3.57 Å². The zero-order chi connectivity index (χ0) is 6.97. The van der Waals surface area contributed by atoms with E-state index in [0.29, 0.717) is 0 Å². The Kier molecular flexibility index (Phi) is 1.52. The van der Waals surface area contributed by atoms with Gasteiger partial charge in [0, 0.05) is 3.57 Å². The normalized spacial score (nSPS) is 13.7. The van der Waals surface area contributed by atoms with E-state index >= 15 is 0 Å². The molecule has 0 fully saturated rings. The van der Waals surface area contributed by atoms with Crippen molar-refractivity contribution < 1.29 is 0 Å². The molecular weight excluding hydrogens is 235 g/mol. The fraction of sp³-hybridized carbons (Fsp3) is 0.111. The lowest BCUT2D eigenvalue weighted by atomic mass is 10.1. The predicted octanol–water partition coefficient (Wildman–Crippen LogP) is 2.86. The highest BCUT2D eigenvalue weighted by molar-refractivity contribution is 14.1. The molecule has 1 aromatic carbocycles. The average molecular weight is 242 g/mol. The van der Waals surface area contributed by atoms with Gasteiger partial charge in [0.25, 0.3) is 0 Å². The Hall–Kier alpha value is -0.310. The first-order valence-corrected chi connectivity index (χ1v) is 4.39. The fourth-order valence-electron chi connectivity index (χ4n) is 1.22. The molecule has 1 aliphatic carbocycles. The second kappa shape index (κ2) is 2.38. The molecular formula is C9H7I. The predicted molar refractivity (Wildman–Crippen MR) is 51.9 cm³/mol. The maximum atomic E-state index is 2.34. The van der Waals surface area contributed by atoms with Crippen LogP contribution in [-0.2, 0) is 6.42 Å². The summed E-state index contributed by atoms with van der Waals surface area (Å²) >= 11 is 2.34. The van der Waals surface area contributed by atoms with Crippen LogP contribution in [0.15, 0.2) is 24.3 Å². The van der Waals surface area contributed by atoms with Gasteiger partial charge in [0.1, 0.15) is 0 Å². The van der Waals surface area contributed by atoms with E-state index in [0.717, 1.165) is 6.42 Å². The molecule has 0 radical (unpaired) electrons. The van der Waals surface area contributed by atoms with Crippen molar-refractivity contribution in [3.8, 4) is 0 Å². The lowest BCUT2D eigenvalue weighted by molar-refractivity contribution is 1.31. The molecule has 0 atom stereocenters. The summed E-state index contributed by atoms with van der Waals surface area (Å²) in [7, 11) is 0. The Bertz CT molecular complexity index is 287. The van der Waals surface area contributed by atoms with Gasteiger partial charge in [0.15, 0.2) is 0 Å². The largest absolute Gasteiger partial charge is 0.0795 e. The van der Waals surface area contributed by atoms with Crippen molar-refractivity contribution in [3.63, 3.8) is 0 Å². The molecule has 0 aromatic heterocycles. The molecule has 0 unspecified atom stereocenters. The zero-order valence-electron chi connectivity index (χ0n) is 5.47. The first-order chi connectivity index (χ1) is 4.86. The second-order valence-electron chi connectivity index (χ2n) is 2.45. The molecule has 2 rings (SSSR count). The highest BCUT2D eigenvalue weighted by atomic mass is 127. The number of fused-ring (bicyclic) bond motifs is 1. The molecule has 1 heteroatoms. The van der Waals surface area contributed by atoms with Crippen molar-refractivity contribution in [1.29, 1.82) is 0 Å². The zero-order valence-corrected chi connectivity index (χ0v) is 7.63. The monoisotopic (exact) mass is 242 g/mol. The summed E-state index contributed by atoms with van der Waals surface area (Å²) in [5.74, 6) is 0. The maximum absolute atomic E-state index is 2.34. The highest BCUT2D eigenvalue weighted by Gasteiger charge is 2.02. The van der Waals surface area contributed by atoms with Crippen molar-refractivity contribution >= 4 is 28.7 Å². The molecule has 0 saturated heterocycles. The number of hydrogen-bond acceptors (Lipinski definition) is 0. The van der Waals surface area contributed by atoms with Gasteiger partial charge in [0.2, 0.25) is 0 Å². The minimum atomic E-state index is 1.12. The van der Waals surface area contributed by atoms with Gasteiger partial charge in [0.05, 0.1) is 0 Å². The molecule has 0 bridgehead atoms. The Balaban J connectivity index is 2.60. The van der Waals surface area contributed by atoms with Crippen LogP contribution >= 0.6 is 22.6 Å². The summed E-state index contributed by atoms with van der Waals surface area (Å²) in [6, 6.07) is 6.59. The van der Waals surface area contributed by atoms with Crippen LogP contribution in [0.3, 0.4) is 0 Å². The smallest absolute Gasteiger partial charge is 0.0136 e. The molecule has 0 N–H and O–H groups in total. The van der Waals surface area contributed by atoms with Crippen molar-refractivity contribution in [2.45, 2.75) is 6.42 Å². The van der Waals surface area contributed by atoms with E-state index in [1.54, 1.807) is 0 Å². The van der Waals surface area contributed by atoms with Crippen LogP contribution in [0.2, 0.25) is 0 Å². The quantitative estimate of drug-likeness (QED) is 0.613. The van der Waals surface area contributed by atoms with Gasteiger partial charge in [-0.2, -0.15) is 0 Å². The average Bonchev–Trinajstić information content (AvgIpc) is 2.33. The van der Waals surface area contributed by atoms with E-state index < -0.39 is 0 Å². The first-order valence-electron chi connectivity index (χ1n) is 3.31. The van der Waals surface area contributed by atoms with E-state index in [1.807, 2.05) is 0 Å². The van der Waals surface area contributed by atoms with Crippen molar-refractivity contribution in [2.24, 2.45) is 0 Å². The molecule has 10 heavy (non-hydrogen) atoms. The number of allylic oxidation sites excluding steroid dienone is 1. The summed E-state index contributed by atoms with van der Waals surface area (Å²) in [6.45, 7) is 0. The van der Waals surface area contributed by atoms with Crippen LogP contribution in [0.1, 0.15) is 11.1 Å². The SMILES string of the molecule is Ic1ccc2c(c1)C=CC2. The van der Waals surface area contributed by atoms with Crippen molar-refractivity contribution in [2.75, 3.05) is 0 Å². The van der Waals surface area contributed by atoms with E-state index in [2.05, 4.69) is 52.9 Å². The van der Waals surface area contributed by atoms with Gasteiger partial charge < -0.3 is 0 Å². The lowest BCUT2D eigenvalue weighted by Crippen LogP contribution is -1.80. The van der Waals surface area contributed by atoms with E-state index in [-0.39, 0.29) is 0 Å². The van der Waals surface area contributed by atoms with Crippen molar-refractivity contribution in [1.82, 2.24) is 0 Å². The molecule has 50 valence electrons. The molecule has 0 amide bonds. The molecule has 1 aromatic rings. The maximum Gasteiger partial charge on any atom is 0.0136 e. The van der Waals surface area contributed by atoms with Gasteiger partial charge in [-0.05, 0) is 52.3 Å². The summed E-state index contributed by atoms with van der Waals surface area (Å²) in [5, 5.41) is 0. The fourth-order valence-corrected chi connectivity index (χ4v) is 1.73. The summed E-state index contributed by atoms with van der Waals surface area (Å²) in [6.07, 6.45) is 5.52. The lowest BCUT2D eigenvalue weighted by Gasteiger charge is -1.96. The molecule has 0 saturated carbocycles. The van der Waals surface area contributed by atoms with Crippen molar-refractivity contribution in [3.05, 3.63) is 39.0 Å². The Morgan fingerprint density at radius 1 is 1.30 bits per heavy atom. The number of halogens is 1. The Labute approximate surface area is 74.1 Å². The standard InChI is InChI=1S/C9H7I/c10-9-5-4-7-2-1-3-8(7)6-9/h1,3-6H,2H2. The van der Waals surface area contributed by atoms with Gasteiger partial charge >= 0.3 is 0 Å². The minimum Gasteiger partial charge on any atom is -0.0795 e. The van der Waals surface area contributed by atoms with E-state index in [1.165, 1.54) is 14.7 Å². The molecule has 0 spiro atoms. The van der Waals surface area contributed by atoms with E-state index in [9.17, 15) is 0 Å². The molecule has 1 aliphatic rings.